The van der Waals surface area contributed by atoms with Crippen molar-refractivity contribution in [3.05, 3.63) is 34.6 Å². The third-order valence-electron chi connectivity index (χ3n) is 5.92. The lowest BCUT2D eigenvalue weighted by molar-refractivity contribution is 0.102. The Labute approximate surface area is 180 Å². The Morgan fingerprint density at radius 1 is 1.23 bits per heavy atom. The van der Waals surface area contributed by atoms with Crippen molar-refractivity contribution < 1.29 is 4.79 Å². The first-order chi connectivity index (χ1) is 14.6. The molecule has 7 nitrogen and oxygen atoms in total. The number of carbonyl (C=O) groups is 1. The molecule has 1 N–H and O–H groups in total. The Kier molecular flexibility index (Phi) is 5.28. The van der Waals surface area contributed by atoms with Crippen LogP contribution in [0.1, 0.15) is 79.7 Å². The number of hydrogen-bond donors (Lipinski definition) is 1. The molecule has 0 atom stereocenters. The molecule has 30 heavy (non-hydrogen) atoms. The van der Waals surface area contributed by atoms with Gasteiger partial charge in [0.2, 0.25) is 0 Å². The fraction of sp³-hybridized carbons (Fsp3) is 0.545. The van der Waals surface area contributed by atoms with Gasteiger partial charge in [0.05, 0.1) is 22.8 Å². The topological polar surface area (TPSA) is 75.9 Å². The molecule has 0 aromatic carbocycles. The zero-order chi connectivity index (χ0) is 20.7. The number of likely N-dealkylation sites (tertiary alicyclic amines) is 1. The summed E-state index contributed by atoms with van der Waals surface area (Å²) in [4.78, 5) is 25.1. The van der Waals surface area contributed by atoms with Crippen molar-refractivity contribution in [1.29, 1.82) is 0 Å². The molecule has 1 aliphatic heterocycles. The second-order valence-corrected chi connectivity index (χ2v) is 9.58. The van der Waals surface area contributed by atoms with Gasteiger partial charge >= 0.3 is 0 Å². The van der Waals surface area contributed by atoms with Crippen molar-refractivity contribution in [2.75, 3.05) is 18.4 Å². The number of aromatic nitrogens is 4. The van der Waals surface area contributed by atoms with Gasteiger partial charge < -0.3 is 0 Å². The SMILES string of the molecule is CC(C)n1ncc2c(C(=O)Nc3nc(CN4CCCCC4)cs3)cc(C3CC3)nc21. The van der Waals surface area contributed by atoms with Gasteiger partial charge in [0.25, 0.3) is 5.91 Å². The van der Waals surface area contributed by atoms with Crippen LogP contribution < -0.4 is 5.32 Å². The minimum atomic E-state index is -0.133. The molecule has 1 amide bonds. The summed E-state index contributed by atoms with van der Waals surface area (Å²) in [5, 5.41) is 11.0. The van der Waals surface area contributed by atoms with Crippen LogP contribution >= 0.6 is 11.3 Å². The Morgan fingerprint density at radius 2 is 2.03 bits per heavy atom. The van der Waals surface area contributed by atoms with E-state index in [9.17, 15) is 4.79 Å². The van der Waals surface area contributed by atoms with Crippen LogP contribution in [0.15, 0.2) is 17.6 Å². The number of thiazole rings is 1. The highest BCUT2D eigenvalue weighted by molar-refractivity contribution is 7.14. The lowest BCUT2D eigenvalue weighted by Gasteiger charge is -2.25. The van der Waals surface area contributed by atoms with Gasteiger partial charge in [-0.05, 0) is 58.7 Å². The predicted octanol–water partition coefficient (Wildman–Crippen LogP) is 4.58. The molecule has 4 heterocycles. The predicted molar refractivity (Wildman–Crippen MR) is 119 cm³/mol. The van der Waals surface area contributed by atoms with E-state index in [1.807, 2.05) is 10.7 Å². The van der Waals surface area contributed by atoms with Gasteiger partial charge in [-0.25, -0.2) is 14.6 Å². The molecule has 3 aromatic rings. The third kappa shape index (κ3) is 3.98. The summed E-state index contributed by atoms with van der Waals surface area (Å²) in [7, 11) is 0. The average molecular weight is 425 g/mol. The molecule has 0 unspecified atom stereocenters. The largest absolute Gasteiger partial charge is 0.298 e. The van der Waals surface area contributed by atoms with Crippen molar-refractivity contribution in [3.8, 4) is 0 Å². The van der Waals surface area contributed by atoms with Gasteiger partial charge in [-0.1, -0.05) is 6.42 Å². The molecule has 1 saturated carbocycles. The minimum absolute atomic E-state index is 0.133. The first kappa shape index (κ1) is 19.6. The second kappa shape index (κ2) is 8.07. The van der Waals surface area contributed by atoms with E-state index in [2.05, 4.69) is 39.5 Å². The molecule has 0 radical (unpaired) electrons. The van der Waals surface area contributed by atoms with E-state index in [-0.39, 0.29) is 11.9 Å². The van der Waals surface area contributed by atoms with Crippen molar-refractivity contribution in [2.45, 2.75) is 64.5 Å². The number of hydrogen-bond acceptors (Lipinski definition) is 6. The second-order valence-electron chi connectivity index (χ2n) is 8.72. The van der Waals surface area contributed by atoms with Crippen LogP contribution in [0, 0.1) is 0 Å². The van der Waals surface area contributed by atoms with Crippen molar-refractivity contribution in [2.24, 2.45) is 0 Å². The smallest absolute Gasteiger partial charge is 0.258 e. The zero-order valence-electron chi connectivity index (χ0n) is 17.6. The first-order valence-electron chi connectivity index (χ1n) is 10.9. The summed E-state index contributed by atoms with van der Waals surface area (Å²) >= 11 is 1.49. The Balaban J connectivity index is 1.38. The van der Waals surface area contributed by atoms with Gasteiger partial charge in [0, 0.05) is 29.6 Å². The monoisotopic (exact) mass is 424 g/mol. The Bertz CT molecular complexity index is 1060. The Hall–Kier alpha value is -2.32. The normalized spacial score (nSPS) is 17.7. The summed E-state index contributed by atoms with van der Waals surface area (Å²) < 4.78 is 1.90. The summed E-state index contributed by atoms with van der Waals surface area (Å²) in [6.45, 7) is 7.29. The van der Waals surface area contributed by atoms with Crippen LogP contribution in [0.5, 0.6) is 0 Å². The van der Waals surface area contributed by atoms with Crippen molar-refractivity contribution in [3.63, 3.8) is 0 Å². The van der Waals surface area contributed by atoms with E-state index in [4.69, 9.17) is 4.98 Å². The number of amides is 1. The van der Waals surface area contributed by atoms with Gasteiger partial charge in [-0.15, -0.1) is 11.3 Å². The third-order valence-corrected chi connectivity index (χ3v) is 6.73. The number of piperidine rings is 1. The van der Waals surface area contributed by atoms with Crippen LogP contribution in [0.4, 0.5) is 5.13 Å². The number of nitrogens with zero attached hydrogens (tertiary/aromatic N) is 5. The lowest BCUT2D eigenvalue weighted by atomic mass is 10.1. The quantitative estimate of drug-likeness (QED) is 0.627. The maximum Gasteiger partial charge on any atom is 0.258 e. The molecule has 0 bridgehead atoms. The van der Waals surface area contributed by atoms with Gasteiger partial charge in [0.15, 0.2) is 10.8 Å². The number of nitrogens with one attached hydrogen (secondary N) is 1. The molecule has 8 heteroatoms. The molecule has 1 saturated heterocycles. The van der Waals surface area contributed by atoms with E-state index in [0.29, 0.717) is 16.6 Å². The van der Waals surface area contributed by atoms with Crippen molar-refractivity contribution >= 4 is 33.4 Å². The molecule has 3 aromatic heterocycles. The number of carbonyl (C=O) groups excluding carboxylic acids is 1. The molecule has 0 spiro atoms. The molecule has 5 rings (SSSR count). The fourth-order valence-electron chi connectivity index (χ4n) is 4.14. The van der Waals surface area contributed by atoms with E-state index in [0.717, 1.165) is 54.9 Å². The van der Waals surface area contributed by atoms with Crippen molar-refractivity contribution in [1.82, 2.24) is 24.6 Å². The maximum atomic E-state index is 13.2. The average Bonchev–Trinajstić information content (AvgIpc) is 3.36. The lowest BCUT2D eigenvalue weighted by Crippen LogP contribution is -2.29. The molecular weight excluding hydrogens is 396 g/mol. The number of rotatable bonds is 6. The number of anilines is 1. The standard InChI is InChI=1S/C22H28N6OS/c1-14(2)28-20-18(11-23-28)17(10-19(25-20)15-6-7-15)21(29)26-22-24-16(13-30-22)12-27-8-4-3-5-9-27/h10-11,13-15H,3-9,12H2,1-2H3,(H,24,26,29). The minimum Gasteiger partial charge on any atom is -0.298 e. The van der Waals surface area contributed by atoms with Gasteiger partial charge in [0.1, 0.15) is 0 Å². The summed E-state index contributed by atoms with van der Waals surface area (Å²) in [5.74, 6) is 0.332. The van der Waals surface area contributed by atoms with Crippen LogP contribution in [0.3, 0.4) is 0 Å². The Morgan fingerprint density at radius 3 is 2.77 bits per heavy atom. The number of pyridine rings is 1. The highest BCUT2D eigenvalue weighted by Crippen LogP contribution is 2.40. The molecule has 2 fully saturated rings. The molecule has 1 aliphatic carbocycles. The van der Waals surface area contributed by atoms with Gasteiger partial charge in [-0.2, -0.15) is 5.10 Å². The van der Waals surface area contributed by atoms with E-state index < -0.39 is 0 Å². The van der Waals surface area contributed by atoms with E-state index in [1.54, 1.807) is 6.20 Å². The van der Waals surface area contributed by atoms with Crippen LogP contribution in [-0.2, 0) is 6.54 Å². The van der Waals surface area contributed by atoms with Crippen LogP contribution in [-0.4, -0.2) is 43.6 Å². The maximum absolute atomic E-state index is 13.2. The van der Waals surface area contributed by atoms with Crippen LogP contribution in [0.25, 0.3) is 11.0 Å². The van der Waals surface area contributed by atoms with Gasteiger partial charge in [-0.3, -0.25) is 15.0 Å². The molecule has 158 valence electrons. The number of fused-ring (bicyclic) bond motifs is 1. The summed E-state index contributed by atoms with van der Waals surface area (Å²) in [6, 6.07) is 2.14. The summed E-state index contributed by atoms with van der Waals surface area (Å²) in [6.07, 6.45) is 7.89. The highest BCUT2D eigenvalue weighted by atomic mass is 32.1. The molecular formula is C22H28N6OS. The fourth-order valence-corrected chi connectivity index (χ4v) is 4.84. The summed E-state index contributed by atoms with van der Waals surface area (Å²) in [5.41, 5.74) is 3.47. The van der Waals surface area contributed by atoms with E-state index in [1.165, 1.54) is 30.6 Å². The molecule has 2 aliphatic rings. The van der Waals surface area contributed by atoms with E-state index >= 15 is 0 Å². The zero-order valence-corrected chi connectivity index (χ0v) is 18.4. The van der Waals surface area contributed by atoms with Crippen LogP contribution in [0.2, 0.25) is 0 Å². The first-order valence-corrected chi connectivity index (χ1v) is 11.8. The highest BCUT2D eigenvalue weighted by Gasteiger charge is 2.28.